The summed E-state index contributed by atoms with van der Waals surface area (Å²) in [5.74, 6) is 0. The first-order valence-corrected chi connectivity index (χ1v) is 10.9. The van der Waals surface area contributed by atoms with Crippen molar-refractivity contribution in [1.29, 1.82) is 0 Å². The Balaban J connectivity index is 1.49. The molecule has 29 heavy (non-hydrogen) atoms. The molecular formula is C27H28N2. The normalized spacial score (nSPS) is 17.2. The summed E-state index contributed by atoms with van der Waals surface area (Å²) in [5.41, 5.74) is 10.5. The third-order valence-electron chi connectivity index (χ3n) is 6.43. The third-order valence-corrected chi connectivity index (χ3v) is 6.43. The number of rotatable bonds is 2. The molecule has 0 unspecified atom stereocenters. The van der Waals surface area contributed by atoms with Crippen molar-refractivity contribution in [2.24, 2.45) is 0 Å². The molecule has 146 valence electrons. The zero-order valence-corrected chi connectivity index (χ0v) is 17.0. The van der Waals surface area contributed by atoms with E-state index in [0.717, 1.165) is 32.5 Å². The van der Waals surface area contributed by atoms with Crippen molar-refractivity contribution in [3.63, 3.8) is 0 Å². The number of nitrogens with zero attached hydrogens (tertiary/aromatic N) is 2. The number of aromatic nitrogens is 1. The van der Waals surface area contributed by atoms with Crippen LogP contribution >= 0.6 is 0 Å². The van der Waals surface area contributed by atoms with Crippen molar-refractivity contribution in [1.82, 2.24) is 9.88 Å². The van der Waals surface area contributed by atoms with Gasteiger partial charge in [-0.25, -0.2) is 0 Å². The number of hydrogen-bond acceptors (Lipinski definition) is 2. The van der Waals surface area contributed by atoms with Crippen LogP contribution in [-0.2, 0) is 19.4 Å². The molecule has 3 aromatic rings. The minimum Gasteiger partial charge on any atom is -0.298 e. The van der Waals surface area contributed by atoms with E-state index >= 15 is 0 Å². The maximum Gasteiger partial charge on any atom is 0.0271 e. The van der Waals surface area contributed by atoms with Gasteiger partial charge in [0.15, 0.2) is 0 Å². The van der Waals surface area contributed by atoms with Crippen LogP contribution in [0.1, 0.15) is 47.1 Å². The summed E-state index contributed by atoms with van der Waals surface area (Å²) >= 11 is 0. The van der Waals surface area contributed by atoms with Crippen LogP contribution in [0.5, 0.6) is 0 Å². The molecule has 0 amide bonds. The van der Waals surface area contributed by atoms with Gasteiger partial charge >= 0.3 is 0 Å². The molecule has 1 aliphatic carbocycles. The van der Waals surface area contributed by atoms with Gasteiger partial charge in [0.05, 0.1) is 0 Å². The third kappa shape index (κ3) is 3.90. The highest BCUT2D eigenvalue weighted by molar-refractivity contribution is 5.85. The van der Waals surface area contributed by atoms with Crippen molar-refractivity contribution in [2.45, 2.75) is 38.6 Å². The lowest BCUT2D eigenvalue weighted by Crippen LogP contribution is -2.30. The molecule has 0 bridgehead atoms. The predicted molar refractivity (Wildman–Crippen MR) is 120 cm³/mol. The summed E-state index contributed by atoms with van der Waals surface area (Å²) in [7, 11) is 0. The van der Waals surface area contributed by atoms with Gasteiger partial charge in [-0.3, -0.25) is 9.88 Å². The number of aryl methyl sites for hydroxylation is 2. The number of hydrogen-bond donors (Lipinski definition) is 0. The van der Waals surface area contributed by atoms with Crippen LogP contribution in [0, 0.1) is 0 Å². The number of benzene rings is 2. The summed E-state index contributed by atoms with van der Waals surface area (Å²) in [6.07, 6.45) is 9.69. The molecule has 2 aliphatic rings. The second kappa shape index (κ2) is 8.34. The molecule has 1 aromatic heterocycles. The van der Waals surface area contributed by atoms with Gasteiger partial charge in [0.1, 0.15) is 0 Å². The van der Waals surface area contributed by atoms with Gasteiger partial charge in [0.2, 0.25) is 0 Å². The zero-order chi connectivity index (χ0) is 19.5. The van der Waals surface area contributed by atoms with Gasteiger partial charge in [-0.15, -0.1) is 0 Å². The van der Waals surface area contributed by atoms with E-state index in [1.807, 2.05) is 12.4 Å². The SMILES string of the molecule is c1ccc2c(c1)CCCc1ccccc1C2=C1CCN(Cc2ccncc2)CC1. The van der Waals surface area contributed by atoms with Crippen molar-refractivity contribution in [3.05, 3.63) is 106 Å². The molecule has 2 heteroatoms. The van der Waals surface area contributed by atoms with Gasteiger partial charge in [0.25, 0.3) is 0 Å². The highest BCUT2D eigenvalue weighted by Crippen LogP contribution is 2.38. The second-order valence-corrected chi connectivity index (χ2v) is 8.28. The van der Waals surface area contributed by atoms with Crippen molar-refractivity contribution < 1.29 is 0 Å². The van der Waals surface area contributed by atoms with E-state index in [2.05, 4.69) is 70.5 Å². The molecule has 0 N–H and O–H groups in total. The molecule has 0 radical (unpaired) electrons. The summed E-state index contributed by atoms with van der Waals surface area (Å²) in [4.78, 5) is 6.73. The Morgan fingerprint density at radius 3 is 1.90 bits per heavy atom. The number of likely N-dealkylation sites (tertiary alicyclic amines) is 1. The zero-order valence-electron chi connectivity index (χ0n) is 17.0. The van der Waals surface area contributed by atoms with E-state index in [0.29, 0.717) is 0 Å². The Bertz CT molecular complexity index is 960. The largest absolute Gasteiger partial charge is 0.298 e. The summed E-state index contributed by atoms with van der Waals surface area (Å²) < 4.78 is 0. The number of pyridine rings is 1. The van der Waals surface area contributed by atoms with Crippen molar-refractivity contribution >= 4 is 5.57 Å². The molecule has 5 rings (SSSR count). The number of fused-ring (bicyclic) bond motifs is 2. The van der Waals surface area contributed by atoms with E-state index in [4.69, 9.17) is 0 Å². The summed E-state index contributed by atoms with van der Waals surface area (Å²) in [5, 5.41) is 0. The van der Waals surface area contributed by atoms with Crippen LogP contribution < -0.4 is 0 Å². The van der Waals surface area contributed by atoms with Gasteiger partial charge in [-0.2, -0.15) is 0 Å². The first kappa shape index (κ1) is 18.3. The van der Waals surface area contributed by atoms with E-state index < -0.39 is 0 Å². The molecule has 1 aliphatic heterocycles. The van der Waals surface area contributed by atoms with Crippen LogP contribution in [0.15, 0.2) is 78.6 Å². The minimum absolute atomic E-state index is 1.03. The van der Waals surface area contributed by atoms with Crippen molar-refractivity contribution in [2.75, 3.05) is 13.1 Å². The maximum absolute atomic E-state index is 4.14. The van der Waals surface area contributed by atoms with Crippen LogP contribution in [0.3, 0.4) is 0 Å². The second-order valence-electron chi connectivity index (χ2n) is 8.28. The lowest BCUT2D eigenvalue weighted by molar-refractivity contribution is 0.248. The molecule has 2 nitrogen and oxygen atoms in total. The van der Waals surface area contributed by atoms with E-state index in [-0.39, 0.29) is 0 Å². The first-order chi connectivity index (χ1) is 14.4. The number of piperidine rings is 1. The van der Waals surface area contributed by atoms with Gasteiger partial charge < -0.3 is 0 Å². The van der Waals surface area contributed by atoms with Gasteiger partial charge in [-0.1, -0.05) is 54.1 Å². The fourth-order valence-corrected chi connectivity index (χ4v) is 4.94. The van der Waals surface area contributed by atoms with Crippen LogP contribution in [-0.4, -0.2) is 23.0 Å². The van der Waals surface area contributed by atoms with Gasteiger partial charge in [-0.05, 0) is 77.6 Å². The Labute approximate surface area is 173 Å². The van der Waals surface area contributed by atoms with Gasteiger partial charge in [0, 0.05) is 32.0 Å². The van der Waals surface area contributed by atoms with Crippen LogP contribution in [0.25, 0.3) is 5.57 Å². The molecule has 2 aromatic carbocycles. The Kier molecular flexibility index (Phi) is 5.27. The summed E-state index contributed by atoms with van der Waals surface area (Å²) in [6, 6.07) is 22.5. The lowest BCUT2D eigenvalue weighted by Gasteiger charge is -2.31. The molecule has 1 fully saturated rings. The van der Waals surface area contributed by atoms with E-state index in [1.165, 1.54) is 52.7 Å². The topological polar surface area (TPSA) is 16.1 Å². The Hall–Kier alpha value is -2.71. The lowest BCUT2D eigenvalue weighted by atomic mass is 9.81. The van der Waals surface area contributed by atoms with E-state index in [1.54, 1.807) is 5.57 Å². The molecule has 2 heterocycles. The quantitative estimate of drug-likeness (QED) is 0.569. The highest BCUT2D eigenvalue weighted by atomic mass is 15.1. The average Bonchev–Trinajstić information content (AvgIpc) is 2.76. The van der Waals surface area contributed by atoms with Crippen LogP contribution in [0.2, 0.25) is 0 Å². The monoisotopic (exact) mass is 380 g/mol. The standard InChI is InChI=1S/C27H28N2/c1-3-10-25-22(6-1)8-5-9-23-7-2-4-11-26(23)27(25)24-14-18-29(19-15-24)20-21-12-16-28-17-13-21/h1-4,6-7,10-13,16-17H,5,8-9,14-15,18-20H2. The first-order valence-electron chi connectivity index (χ1n) is 10.9. The predicted octanol–water partition coefficient (Wildman–Crippen LogP) is 5.67. The summed E-state index contributed by atoms with van der Waals surface area (Å²) in [6.45, 7) is 3.29. The molecule has 0 saturated carbocycles. The fraction of sp³-hybridized carbons (Fsp3) is 0.296. The Morgan fingerprint density at radius 2 is 1.28 bits per heavy atom. The van der Waals surface area contributed by atoms with Crippen molar-refractivity contribution in [3.8, 4) is 0 Å². The van der Waals surface area contributed by atoms with Crippen LogP contribution in [0.4, 0.5) is 0 Å². The highest BCUT2D eigenvalue weighted by Gasteiger charge is 2.23. The fourth-order valence-electron chi connectivity index (χ4n) is 4.94. The van der Waals surface area contributed by atoms with E-state index in [9.17, 15) is 0 Å². The smallest absolute Gasteiger partial charge is 0.0271 e. The molecular weight excluding hydrogens is 352 g/mol. The molecule has 0 atom stereocenters. The average molecular weight is 381 g/mol. The Morgan fingerprint density at radius 1 is 0.690 bits per heavy atom. The minimum atomic E-state index is 1.03. The molecule has 0 spiro atoms. The maximum atomic E-state index is 4.14. The molecule has 1 saturated heterocycles.